The van der Waals surface area contributed by atoms with E-state index in [1.54, 1.807) is 4.90 Å². The van der Waals surface area contributed by atoms with E-state index in [1.165, 1.54) is 6.42 Å². The van der Waals surface area contributed by atoms with Crippen molar-refractivity contribution in [3.63, 3.8) is 0 Å². The third kappa shape index (κ3) is 3.62. The highest BCUT2D eigenvalue weighted by Crippen LogP contribution is 2.23. The Hall–Kier alpha value is -0.770. The summed E-state index contributed by atoms with van der Waals surface area (Å²) in [4.78, 5) is 27.7. The molecule has 1 atom stereocenters. The number of carbonyl (C=O) groups excluding carboxylic acids is 2. The molecule has 2 amide bonds. The molecule has 19 heavy (non-hydrogen) atoms. The maximum atomic E-state index is 12.4. The zero-order valence-electron chi connectivity index (χ0n) is 11.6. The fraction of sp³-hybridized carbons (Fsp3) is 0.857. The van der Waals surface area contributed by atoms with Crippen LogP contribution in [0, 0.1) is 11.8 Å². The Balaban J connectivity index is 1.83. The van der Waals surface area contributed by atoms with E-state index < -0.39 is 0 Å². The van der Waals surface area contributed by atoms with E-state index in [2.05, 4.69) is 6.92 Å². The Morgan fingerprint density at radius 2 is 1.79 bits per heavy atom. The van der Waals surface area contributed by atoms with Crippen LogP contribution in [0.3, 0.4) is 0 Å². The lowest BCUT2D eigenvalue weighted by atomic mass is 9.93. The second-order valence-electron chi connectivity index (χ2n) is 5.82. The smallest absolute Gasteiger partial charge is 0.237 e. The van der Waals surface area contributed by atoms with Crippen molar-refractivity contribution >= 4 is 23.4 Å². The first kappa shape index (κ1) is 14.6. The van der Waals surface area contributed by atoms with Gasteiger partial charge >= 0.3 is 0 Å². The molecule has 0 aromatic carbocycles. The Kier molecular flexibility index (Phi) is 5.08. The average Bonchev–Trinajstić information content (AvgIpc) is 2.46. The molecule has 2 fully saturated rings. The number of likely N-dealkylation sites (tertiary alicyclic amines) is 2. The summed E-state index contributed by atoms with van der Waals surface area (Å²) in [6, 6.07) is 0. The first-order chi connectivity index (χ1) is 9.11. The molecule has 0 aromatic rings. The molecule has 0 aliphatic carbocycles. The van der Waals surface area contributed by atoms with Gasteiger partial charge in [-0.2, -0.15) is 0 Å². The lowest BCUT2D eigenvalue weighted by molar-refractivity contribution is -0.141. The van der Waals surface area contributed by atoms with Gasteiger partial charge in [0.2, 0.25) is 11.8 Å². The van der Waals surface area contributed by atoms with Gasteiger partial charge in [0.15, 0.2) is 0 Å². The van der Waals surface area contributed by atoms with Gasteiger partial charge in [-0.1, -0.05) is 6.92 Å². The van der Waals surface area contributed by atoms with Crippen molar-refractivity contribution in [1.29, 1.82) is 0 Å². The van der Waals surface area contributed by atoms with E-state index in [0.29, 0.717) is 24.9 Å². The van der Waals surface area contributed by atoms with Gasteiger partial charge in [-0.15, -0.1) is 11.6 Å². The van der Waals surface area contributed by atoms with Gasteiger partial charge in [0.05, 0.1) is 0 Å². The third-order valence-corrected chi connectivity index (χ3v) is 4.51. The SMILES string of the molecule is C[C@@H]1CCCN(C(=O)C2CCN(C(=O)CCl)CC2)C1. The van der Waals surface area contributed by atoms with E-state index in [4.69, 9.17) is 11.6 Å². The van der Waals surface area contributed by atoms with Crippen LogP contribution in [0.25, 0.3) is 0 Å². The summed E-state index contributed by atoms with van der Waals surface area (Å²) < 4.78 is 0. The van der Waals surface area contributed by atoms with Gasteiger partial charge in [0.25, 0.3) is 0 Å². The van der Waals surface area contributed by atoms with Crippen molar-refractivity contribution in [3.8, 4) is 0 Å². The van der Waals surface area contributed by atoms with Gasteiger partial charge < -0.3 is 9.80 Å². The summed E-state index contributed by atoms with van der Waals surface area (Å²) in [5.74, 6) is 1.05. The van der Waals surface area contributed by atoms with Crippen molar-refractivity contribution in [1.82, 2.24) is 9.80 Å². The predicted octanol–water partition coefficient (Wildman–Crippen LogP) is 1.72. The van der Waals surface area contributed by atoms with Crippen LogP contribution in [0.1, 0.15) is 32.6 Å². The number of nitrogens with zero attached hydrogens (tertiary/aromatic N) is 2. The first-order valence-electron chi connectivity index (χ1n) is 7.24. The summed E-state index contributed by atoms with van der Waals surface area (Å²) in [5.41, 5.74) is 0. The standard InChI is InChI=1S/C14H23ClN2O2/c1-11-3-2-6-17(10-11)14(19)12-4-7-16(8-5-12)13(18)9-15/h11-12H,2-10H2,1H3/t11-/m1/s1. The quantitative estimate of drug-likeness (QED) is 0.725. The molecule has 0 saturated carbocycles. The van der Waals surface area contributed by atoms with Gasteiger partial charge in [-0.3, -0.25) is 9.59 Å². The number of piperidine rings is 2. The molecule has 0 N–H and O–H groups in total. The molecule has 2 aliphatic rings. The number of rotatable bonds is 2. The normalized spacial score (nSPS) is 25.5. The first-order valence-corrected chi connectivity index (χ1v) is 7.77. The molecule has 0 unspecified atom stereocenters. The van der Waals surface area contributed by atoms with Crippen LogP contribution < -0.4 is 0 Å². The highest BCUT2D eigenvalue weighted by molar-refractivity contribution is 6.27. The van der Waals surface area contributed by atoms with E-state index in [9.17, 15) is 9.59 Å². The number of hydrogen-bond acceptors (Lipinski definition) is 2. The van der Waals surface area contributed by atoms with Crippen LogP contribution in [-0.4, -0.2) is 53.7 Å². The minimum Gasteiger partial charge on any atom is -0.342 e. The monoisotopic (exact) mass is 286 g/mol. The third-order valence-electron chi connectivity index (χ3n) is 4.28. The Bertz CT molecular complexity index is 340. The van der Waals surface area contributed by atoms with E-state index in [0.717, 1.165) is 32.4 Å². The fourth-order valence-corrected chi connectivity index (χ4v) is 3.28. The van der Waals surface area contributed by atoms with E-state index in [1.807, 2.05) is 4.90 Å². The maximum Gasteiger partial charge on any atom is 0.237 e. The lowest BCUT2D eigenvalue weighted by Gasteiger charge is -2.37. The second-order valence-corrected chi connectivity index (χ2v) is 6.09. The van der Waals surface area contributed by atoms with Crippen LogP contribution in [0.4, 0.5) is 0 Å². The van der Waals surface area contributed by atoms with Gasteiger partial charge in [-0.25, -0.2) is 0 Å². The molecule has 5 heteroatoms. The highest BCUT2D eigenvalue weighted by Gasteiger charge is 2.31. The van der Waals surface area contributed by atoms with Crippen LogP contribution in [0.15, 0.2) is 0 Å². The zero-order chi connectivity index (χ0) is 13.8. The van der Waals surface area contributed by atoms with Crippen molar-refractivity contribution in [2.75, 3.05) is 32.1 Å². The van der Waals surface area contributed by atoms with Crippen molar-refractivity contribution < 1.29 is 9.59 Å². The second kappa shape index (κ2) is 6.60. The van der Waals surface area contributed by atoms with Crippen LogP contribution in [0.5, 0.6) is 0 Å². The van der Waals surface area contributed by atoms with Gasteiger partial charge in [0, 0.05) is 32.1 Å². The molecule has 2 heterocycles. The Labute approximate surface area is 120 Å². The van der Waals surface area contributed by atoms with Crippen molar-refractivity contribution in [3.05, 3.63) is 0 Å². The topological polar surface area (TPSA) is 40.6 Å². The largest absolute Gasteiger partial charge is 0.342 e. The lowest BCUT2D eigenvalue weighted by Crippen LogP contribution is -2.47. The average molecular weight is 287 g/mol. The summed E-state index contributed by atoms with van der Waals surface area (Å²) in [6.45, 7) is 5.36. The fourth-order valence-electron chi connectivity index (χ4n) is 3.11. The molecule has 0 aromatic heterocycles. The minimum atomic E-state index is -0.0147. The van der Waals surface area contributed by atoms with Crippen molar-refractivity contribution in [2.24, 2.45) is 11.8 Å². The number of carbonyl (C=O) groups is 2. The number of amides is 2. The minimum absolute atomic E-state index is 0.0147. The van der Waals surface area contributed by atoms with Gasteiger partial charge in [0.1, 0.15) is 5.88 Å². The van der Waals surface area contributed by atoms with E-state index in [-0.39, 0.29) is 17.7 Å². The molecule has 2 saturated heterocycles. The van der Waals surface area contributed by atoms with Crippen LogP contribution >= 0.6 is 11.6 Å². The number of alkyl halides is 1. The molecule has 4 nitrogen and oxygen atoms in total. The molecular formula is C14H23ClN2O2. The zero-order valence-corrected chi connectivity index (χ0v) is 12.4. The molecule has 2 aliphatic heterocycles. The summed E-state index contributed by atoms with van der Waals surface area (Å²) in [5, 5.41) is 0. The van der Waals surface area contributed by atoms with Gasteiger partial charge in [-0.05, 0) is 31.6 Å². The number of hydrogen-bond donors (Lipinski definition) is 0. The van der Waals surface area contributed by atoms with Crippen LogP contribution in [0.2, 0.25) is 0 Å². The van der Waals surface area contributed by atoms with Crippen molar-refractivity contribution in [2.45, 2.75) is 32.6 Å². The summed E-state index contributed by atoms with van der Waals surface area (Å²) >= 11 is 5.56. The maximum absolute atomic E-state index is 12.4. The molecule has 2 rings (SSSR count). The summed E-state index contributed by atoms with van der Waals surface area (Å²) in [7, 11) is 0. The molecule has 0 radical (unpaired) electrons. The van der Waals surface area contributed by atoms with Crippen LogP contribution in [-0.2, 0) is 9.59 Å². The molecule has 0 bridgehead atoms. The van der Waals surface area contributed by atoms with E-state index >= 15 is 0 Å². The predicted molar refractivity (Wildman–Crippen MR) is 75.0 cm³/mol. The highest BCUT2D eigenvalue weighted by atomic mass is 35.5. The summed E-state index contributed by atoms with van der Waals surface area (Å²) in [6.07, 6.45) is 3.92. The number of halogens is 1. The molecule has 108 valence electrons. The molecule has 0 spiro atoms. The Morgan fingerprint density at radius 3 is 2.37 bits per heavy atom. The Morgan fingerprint density at radius 1 is 1.11 bits per heavy atom. The molecular weight excluding hydrogens is 264 g/mol.